The molecule has 2 amide bonds. The van der Waals surface area contributed by atoms with Gasteiger partial charge in [-0.2, -0.15) is 0 Å². The maximum absolute atomic E-state index is 13.0. The number of carbonyl (C=O) groups is 1. The number of urea groups is 1. The quantitative estimate of drug-likeness (QED) is 0.827. The molecule has 1 fully saturated rings. The van der Waals surface area contributed by atoms with Crippen LogP contribution in [0.5, 0.6) is 0 Å². The van der Waals surface area contributed by atoms with Crippen molar-refractivity contribution in [3.05, 3.63) is 29.3 Å². The van der Waals surface area contributed by atoms with E-state index in [4.69, 9.17) is 0 Å². The van der Waals surface area contributed by atoms with Crippen molar-refractivity contribution in [3.63, 3.8) is 0 Å². The van der Waals surface area contributed by atoms with Crippen molar-refractivity contribution in [1.82, 2.24) is 4.90 Å². The molecule has 22 heavy (non-hydrogen) atoms. The first-order valence-corrected chi connectivity index (χ1v) is 8.68. The molecule has 0 radical (unpaired) electrons. The number of benzene rings is 1. The molecule has 1 aromatic carbocycles. The Morgan fingerprint density at radius 3 is 2.41 bits per heavy atom. The first kappa shape index (κ1) is 16.9. The standard InChI is InChI=1S/C17H25N3OS/c1-11(2)18-16-20(12(3)4)17(21)19(10-22-16)15-8-7-13(5)9-14(15)6/h7-9,11-12H,10H2,1-6H3/b18-16-. The lowest BCUT2D eigenvalue weighted by Crippen LogP contribution is -2.53. The van der Waals surface area contributed by atoms with Crippen molar-refractivity contribution in [2.24, 2.45) is 4.99 Å². The van der Waals surface area contributed by atoms with Crippen molar-refractivity contribution >= 4 is 28.6 Å². The van der Waals surface area contributed by atoms with Crippen molar-refractivity contribution in [1.29, 1.82) is 0 Å². The van der Waals surface area contributed by atoms with Crippen LogP contribution >= 0.6 is 11.8 Å². The molecule has 0 N–H and O–H groups in total. The second-order valence-electron chi connectivity index (χ2n) is 6.24. The van der Waals surface area contributed by atoms with Crippen LogP contribution in [0, 0.1) is 13.8 Å². The maximum Gasteiger partial charge on any atom is 0.331 e. The van der Waals surface area contributed by atoms with Crippen LogP contribution in [0.2, 0.25) is 0 Å². The minimum absolute atomic E-state index is 0.0140. The predicted molar refractivity (Wildman–Crippen MR) is 95.8 cm³/mol. The highest BCUT2D eigenvalue weighted by Crippen LogP contribution is 2.30. The summed E-state index contributed by atoms with van der Waals surface area (Å²) in [6, 6.07) is 6.49. The number of hydrogen-bond acceptors (Lipinski definition) is 3. The van der Waals surface area contributed by atoms with Crippen LogP contribution in [0.15, 0.2) is 23.2 Å². The van der Waals surface area contributed by atoms with Crippen LogP contribution in [0.3, 0.4) is 0 Å². The molecule has 1 aromatic rings. The third-order valence-electron chi connectivity index (χ3n) is 3.49. The molecule has 0 saturated carbocycles. The van der Waals surface area contributed by atoms with Crippen molar-refractivity contribution in [2.75, 3.05) is 10.8 Å². The van der Waals surface area contributed by atoms with Gasteiger partial charge in [0.2, 0.25) is 0 Å². The van der Waals surface area contributed by atoms with Crippen LogP contribution in [-0.2, 0) is 0 Å². The summed E-state index contributed by atoms with van der Waals surface area (Å²) in [5.74, 6) is 0.609. The lowest BCUT2D eigenvalue weighted by Gasteiger charge is -2.38. The SMILES string of the molecule is Cc1ccc(N2CS/C(=N\C(C)C)N(C(C)C)C2=O)c(C)c1. The molecule has 120 valence electrons. The van der Waals surface area contributed by atoms with E-state index in [-0.39, 0.29) is 18.1 Å². The van der Waals surface area contributed by atoms with E-state index < -0.39 is 0 Å². The van der Waals surface area contributed by atoms with E-state index in [0.29, 0.717) is 5.88 Å². The molecule has 1 aliphatic rings. The normalized spacial score (nSPS) is 18.0. The zero-order chi connectivity index (χ0) is 16.4. The number of aryl methyl sites for hydroxylation is 2. The molecule has 0 spiro atoms. The zero-order valence-corrected chi connectivity index (χ0v) is 15.1. The topological polar surface area (TPSA) is 35.9 Å². The summed E-state index contributed by atoms with van der Waals surface area (Å²) >= 11 is 1.63. The van der Waals surface area contributed by atoms with Gasteiger partial charge in [-0.1, -0.05) is 29.5 Å². The molecule has 1 heterocycles. The molecular formula is C17H25N3OS. The summed E-state index contributed by atoms with van der Waals surface area (Å²) in [5, 5.41) is 0.830. The number of nitrogens with zero attached hydrogens (tertiary/aromatic N) is 3. The van der Waals surface area contributed by atoms with Crippen molar-refractivity contribution < 1.29 is 4.79 Å². The number of anilines is 1. The van der Waals surface area contributed by atoms with Crippen LogP contribution < -0.4 is 4.90 Å². The molecule has 4 nitrogen and oxygen atoms in total. The molecule has 0 unspecified atom stereocenters. The Bertz CT molecular complexity index is 596. The Morgan fingerprint density at radius 1 is 1.18 bits per heavy atom. The van der Waals surface area contributed by atoms with Gasteiger partial charge in [0.15, 0.2) is 5.17 Å². The fourth-order valence-electron chi connectivity index (χ4n) is 2.50. The number of hydrogen-bond donors (Lipinski definition) is 0. The largest absolute Gasteiger partial charge is 0.331 e. The number of thioether (sulfide) groups is 1. The summed E-state index contributed by atoms with van der Waals surface area (Å²) in [5.41, 5.74) is 3.32. The van der Waals surface area contributed by atoms with Crippen LogP contribution in [-0.4, -0.2) is 34.1 Å². The lowest BCUT2D eigenvalue weighted by atomic mass is 10.1. The van der Waals surface area contributed by atoms with Gasteiger partial charge in [0.05, 0.1) is 5.88 Å². The second-order valence-corrected chi connectivity index (χ2v) is 7.16. The molecule has 0 atom stereocenters. The van der Waals surface area contributed by atoms with E-state index in [0.717, 1.165) is 16.4 Å². The lowest BCUT2D eigenvalue weighted by molar-refractivity contribution is 0.220. The summed E-state index contributed by atoms with van der Waals surface area (Å²) < 4.78 is 0. The van der Waals surface area contributed by atoms with Crippen molar-refractivity contribution in [2.45, 2.75) is 53.6 Å². The minimum Gasteiger partial charge on any atom is -0.284 e. The summed E-state index contributed by atoms with van der Waals surface area (Å²) in [6.45, 7) is 12.2. The van der Waals surface area contributed by atoms with Crippen LogP contribution in [0.25, 0.3) is 0 Å². The van der Waals surface area contributed by atoms with Gasteiger partial charge in [-0.05, 0) is 53.2 Å². The second kappa shape index (κ2) is 6.73. The Labute approximate surface area is 137 Å². The Hall–Kier alpha value is -1.49. The average molecular weight is 319 g/mol. The molecule has 0 bridgehead atoms. The van der Waals surface area contributed by atoms with Gasteiger partial charge in [0, 0.05) is 17.8 Å². The van der Waals surface area contributed by atoms with Gasteiger partial charge in [-0.25, -0.2) is 4.79 Å². The molecule has 2 rings (SSSR count). The number of carbonyl (C=O) groups excluding carboxylic acids is 1. The molecule has 5 heteroatoms. The highest BCUT2D eigenvalue weighted by Gasteiger charge is 2.34. The molecular weight excluding hydrogens is 294 g/mol. The number of amidine groups is 1. The summed E-state index contributed by atoms with van der Waals surface area (Å²) in [7, 11) is 0. The molecule has 0 aromatic heterocycles. The Morgan fingerprint density at radius 2 is 1.86 bits per heavy atom. The molecule has 1 saturated heterocycles. The van der Waals surface area contributed by atoms with Gasteiger partial charge in [0.1, 0.15) is 0 Å². The summed E-state index contributed by atoms with van der Waals surface area (Å²) in [4.78, 5) is 21.2. The third-order valence-corrected chi connectivity index (χ3v) is 4.44. The van der Waals surface area contributed by atoms with E-state index in [1.165, 1.54) is 5.56 Å². The van der Waals surface area contributed by atoms with Crippen LogP contribution in [0.1, 0.15) is 38.8 Å². The van der Waals surface area contributed by atoms with Crippen molar-refractivity contribution in [3.8, 4) is 0 Å². The maximum atomic E-state index is 13.0. The average Bonchev–Trinajstić information content (AvgIpc) is 2.39. The third kappa shape index (κ3) is 3.46. The number of aliphatic imine (C=N–C) groups is 1. The Balaban J connectivity index is 2.36. The van der Waals surface area contributed by atoms with Gasteiger partial charge in [-0.15, -0.1) is 0 Å². The van der Waals surface area contributed by atoms with Gasteiger partial charge < -0.3 is 0 Å². The van der Waals surface area contributed by atoms with E-state index in [1.807, 2.05) is 38.7 Å². The van der Waals surface area contributed by atoms with E-state index in [2.05, 4.69) is 31.0 Å². The highest BCUT2D eigenvalue weighted by atomic mass is 32.2. The zero-order valence-electron chi connectivity index (χ0n) is 14.3. The molecule has 0 aliphatic carbocycles. The highest BCUT2D eigenvalue weighted by molar-refractivity contribution is 8.14. The molecule has 1 aliphatic heterocycles. The van der Waals surface area contributed by atoms with E-state index in [9.17, 15) is 4.79 Å². The Kier molecular flexibility index (Phi) is 5.16. The predicted octanol–water partition coefficient (Wildman–Crippen LogP) is 4.41. The fraction of sp³-hybridized carbons (Fsp3) is 0.529. The first-order valence-electron chi connectivity index (χ1n) is 7.70. The monoisotopic (exact) mass is 319 g/mol. The number of amides is 2. The van der Waals surface area contributed by atoms with Gasteiger partial charge >= 0.3 is 6.03 Å². The first-order chi connectivity index (χ1) is 10.3. The van der Waals surface area contributed by atoms with Crippen LogP contribution in [0.4, 0.5) is 10.5 Å². The minimum atomic E-state index is 0.0140. The van der Waals surface area contributed by atoms with E-state index in [1.54, 1.807) is 16.7 Å². The van der Waals surface area contributed by atoms with E-state index >= 15 is 0 Å². The summed E-state index contributed by atoms with van der Waals surface area (Å²) in [6.07, 6.45) is 0. The number of rotatable bonds is 3. The van der Waals surface area contributed by atoms with Gasteiger partial charge in [-0.3, -0.25) is 14.8 Å². The van der Waals surface area contributed by atoms with Gasteiger partial charge in [0.25, 0.3) is 0 Å². The smallest absolute Gasteiger partial charge is 0.284 e. The fourth-order valence-corrected chi connectivity index (χ4v) is 3.71.